The van der Waals surface area contributed by atoms with Crippen molar-refractivity contribution in [2.75, 3.05) is 20.8 Å². The van der Waals surface area contributed by atoms with E-state index in [-0.39, 0.29) is 29.7 Å². The highest BCUT2D eigenvalue weighted by atomic mass is 16.8. The van der Waals surface area contributed by atoms with E-state index in [1.807, 2.05) is 0 Å². The number of hydrogen-bond donors (Lipinski definition) is 5. The largest absolute Gasteiger partial charge is 0.508 e. The maximum atomic E-state index is 15.4. The molecule has 0 spiro atoms. The Balaban J connectivity index is 0.00000416. The molecule has 2 unspecified atom stereocenters. The number of alkyl carbamates (subject to hydrolysis) is 1. The van der Waals surface area contributed by atoms with Crippen molar-refractivity contribution >= 4 is 35.9 Å². The molecule has 1 aromatic rings. The quantitative estimate of drug-likeness (QED) is 0.143. The van der Waals surface area contributed by atoms with Gasteiger partial charge in [-0.25, -0.2) is 19.2 Å². The zero-order valence-corrected chi connectivity index (χ0v) is 37.7. The molecular weight excluding hydrogens is 814 g/mol. The molecule has 0 aromatic heterocycles. The van der Waals surface area contributed by atoms with Crippen molar-refractivity contribution in [1.82, 2.24) is 5.32 Å². The Kier molecular flexibility index (Phi) is 14.4. The molecule has 0 radical (unpaired) electrons. The van der Waals surface area contributed by atoms with E-state index >= 15 is 4.79 Å². The van der Waals surface area contributed by atoms with Gasteiger partial charge in [0.1, 0.15) is 29.5 Å². The summed E-state index contributed by atoms with van der Waals surface area (Å²) in [4.78, 5) is 82.7. The highest BCUT2D eigenvalue weighted by Crippen LogP contribution is 2.64. The van der Waals surface area contributed by atoms with Crippen molar-refractivity contribution < 1.29 is 82.4 Å². The number of amides is 1. The fourth-order valence-corrected chi connectivity index (χ4v) is 9.50. The topological polar surface area (TPSA) is 260 Å². The molecule has 346 valence electrons. The minimum Gasteiger partial charge on any atom is -0.456 e. The van der Waals surface area contributed by atoms with Gasteiger partial charge in [0.2, 0.25) is 0 Å². The van der Waals surface area contributed by atoms with Gasteiger partial charge in [-0.15, -0.1) is 0 Å². The molecular formula is C44H63NO17. The Morgan fingerprint density at radius 3 is 2.05 bits per heavy atom. The average molecular weight is 878 g/mol. The molecule has 2 saturated carbocycles. The second kappa shape index (κ2) is 17.9. The highest BCUT2D eigenvalue weighted by Gasteiger charge is 2.78. The van der Waals surface area contributed by atoms with Crippen molar-refractivity contribution in [2.45, 2.75) is 148 Å². The smallest absolute Gasteiger partial charge is 0.456 e. The van der Waals surface area contributed by atoms with Gasteiger partial charge in [0.25, 0.3) is 0 Å². The number of benzene rings is 1. The molecule has 2 bridgehead atoms. The summed E-state index contributed by atoms with van der Waals surface area (Å²) in [6, 6.07) is 6.50. The van der Waals surface area contributed by atoms with Gasteiger partial charge in [0.15, 0.2) is 23.6 Å². The van der Waals surface area contributed by atoms with Gasteiger partial charge in [-0.05, 0) is 63.3 Å². The first-order valence-corrected chi connectivity index (χ1v) is 20.4. The van der Waals surface area contributed by atoms with Crippen molar-refractivity contribution in [3.05, 3.63) is 47.0 Å². The predicted molar refractivity (Wildman–Crippen MR) is 217 cm³/mol. The zero-order valence-electron chi connectivity index (χ0n) is 37.7. The molecule has 5 N–H and O–H groups in total. The molecule has 1 aromatic carbocycles. The maximum Gasteiger partial charge on any atom is 0.508 e. The Labute approximate surface area is 361 Å². The number of ketones is 1. The van der Waals surface area contributed by atoms with E-state index in [1.54, 1.807) is 59.7 Å². The third-order valence-corrected chi connectivity index (χ3v) is 12.7. The van der Waals surface area contributed by atoms with Crippen molar-refractivity contribution in [2.24, 2.45) is 22.2 Å². The molecule has 3 aliphatic carbocycles. The fraction of sp³-hybridized carbons (Fsp3) is 0.682. The number of aliphatic hydroxyl groups is 4. The standard InChI is InChI=1S/C43H59NO16.CH4O/c1-21-24(57-35(50)28(47)31(38(3,4)5)44-36(51)59-39(6,7)8)19-43(53)33(58-34(49)23-16-14-13-15-17-23)30-41(11,32(48)29(56-22(2)45)27(21)40(43,9)10)25(46)18-26-42(30,20-55-26)60-37(52)54-12;1-2/h13-17,24-26,28-31,33,46-47,53H,18-20H2,1-12H3,(H,44,51);2H,1H3/t24-,25?,26+,28+,29+,30?,31+,33-,41+,42-,43+;/m0./s1. The summed E-state index contributed by atoms with van der Waals surface area (Å²) in [7, 11) is 2.07. The van der Waals surface area contributed by atoms with Crippen molar-refractivity contribution in [3.8, 4) is 0 Å². The van der Waals surface area contributed by atoms with Crippen molar-refractivity contribution in [3.63, 3.8) is 0 Å². The van der Waals surface area contributed by atoms with E-state index in [9.17, 15) is 39.3 Å². The molecule has 18 heteroatoms. The van der Waals surface area contributed by atoms with Gasteiger partial charge in [0.05, 0.1) is 42.8 Å². The van der Waals surface area contributed by atoms with Crippen LogP contribution in [-0.4, -0.2) is 137 Å². The molecule has 11 atom stereocenters. The first-order valence-electron chi connectivity index (χ1n) is 20.4. The van der Waals surface area contributed by atoms with E-state index in [0.29, 0.717) is 0 Å². The number of fused-ring (bicyclic) bond motifs is 5. The molecule has 62 heavy (non-hydrogen) atoms. The average Bonchev–Trinajstić information content (AvgIpc) is 3.17. The molecule has 5 rings (SSSR count). The molecule has 1 amide bonds. The van der Waals surface area contributed by atoms with E-state index in [2.05, 4.69) is 5.32 Å². The number of ether oxygens (including phenoxy) is 7. The van der Waals surface area contributed by atoms with E-state index < -0.39 is 124 Å². The second-order valence-electron chi connectivity index (χ2n) is 19.1. The Morgan fingerprint density at radius 2 is 1.55 bits per heavy atom. The van der Waals surface area contributed by atoms with Crippen LogP contribution in [0.3, 0.4) is 0 Å². The number of nitrogens with one attached hydrogen (secondary N) is 1. The predicted octanol–water partition coefficient (Wildman–Crippen LogP) is 3.33. The number of hydrogen-bond acceptors (Lipinski definition) is 17. The van der Waals surface area contributed by atoms with Gasteiger partial charge >= 0.3 is 30.2 Å². The van der Waals surface area contributed by atoms with Crippen LogP contribution in [0.2, 0.25) is 0 Å². The SMILES string of the molecule is CO.COC(=O)O[C@@]12CO[C@@H]1CC(O)[C@@]1(C)C(=O)[C@H](OC(C)=O)C3=C(C)[C@@H](OC(=O)[C@H](O)[C@@H](NC(=O)OC(C)(C)C)C(C)(C)C)C[C@@](O)([C@@H](OC(=O)c4ccccc4)C12)C3(C)C. The van der Waals surface area contributed by atoms with Crippen LogP contribution in [0.15, 0.2) is 41.5 Å². The minimum atomic E-state index is -2.42. The summed E-state index contributed by atoms with van der Waals surface area (Å²) in [6.07, 6.45) is -12.8. The first kappa shape index (κ1) is 50.0. The number of Topliss-reactive ketones (excluding diaryl/α,β-unsaturated/α-hetero) is 1. The number of aliphatic hydroxyl groups excluding tert-OH is 3. The monoisotopic (exact) mass is 877 g/mol. The maximum absolute atomic E-state index is 15.4. The number of carbonyl (C=O) groups excluding carboxylic acids is 6. The summed E-state index contributed by atoms with van der Waals surface area (Å²) in [5.74, 6) is -5.62. The lowest BCUT2D eigenvalue weighted by Crippen LogP contribution is -2.82. The van der Waals surface area contributed by atoms with Gasteiger partial charge in [0, 0.05) is 32.3 Å². The van der Waals surface area contributed by atoms with Crippen LogP contribution in [0.5, 0.6) is 0 Å². The van der Waals surface area contributed by atoms with Crippen LogP contribution in [0, 0.1) is 22.2 Å². The summed E-state index contributed by atoms with van der Waals surface area (Å²) >= 11 is 0. The Hall–Kier alpha value is -4.62. The van der Waals surface area contributed by atoms with Crippen LogP contribution < -0.4 is 5.32 Å². The molecule has 3 fully saturated rings. The second-order valence-corrected chi connectivity index (χ2v) is 19.1. The molecule has 4 aliphatic rings. The fourth-order valence-electron chi connectivity index (χ4n) is 9.50. The highest BCUT2D eigenvalue weighted by molar-refractivity contribution is 5.95. The van der Waals surface area contributed by atoms with Gasteiger partial charge in [-0.2, -0.15) is 0 Å². The van der Waals surface area contributed by atoms with E-state index in [1.165, 1.54) is 39.8 Å². The van der Waals surface area contributed by atoms with Crippen molar-refractivity contribution in [1.29, 1.82) is 0 Å². The minimum absolute atomic E-state index is 0.0226. The number of esters is 3. The van der Waals surface area contributed by atoms with E-state index in [4.69, 9.17) is 38.3 Å². The summed E-state index contributed by atoms with van der Waals surface area (Å²) < 4.78 is 40.3. The lowest BCUT2D eigenvalue weighted by molar-refractivity contribution is -0.344. The lowest BCUT2D eigenvalue weighted by Gasteiger charge is -2.67. The molecule has 18 nitrogen and oxygen atoms in total. The van der Waals surface area contributed by atoms with Gasteiger partial charge in [-0.1, -0.05) is 52.8 Å². The van der Waals surface area contributed by atoms with Crippen LogP contribution in [-0.2, 0) is 47.5 Å². The van der Waals surface area contributed by atoms with Crippen LogP contribution in [0.1, 0.15) is 99.4 Å². The number of methoxy groups -OCH3 is 1. The van der Waals surface area contributed by atoms with Crippen LogP contribution >= 0.6 is 0 Å². The van der Waals surface area contributed by atoms with Gasteiger partial charge < -0.3 is 58.9 Å². The third kappa shape index (κ3) is 8.94. The van der Waals surface area contributed by atoms with Gasteiger partial charge in [-0.3, -0.25) is 9.59 Å². The third-order valence-electron chi connectivity index (χ3n) is 12.7. The lowest BCUT2D eigenvalue weighted by atomic mass is 9.44. The molecule has 1 aliphatic heterocycles. The summed E-state index contributed by atoms with van der Waals surface area (Å²) in [6.45, 7) is 16.6. The Morgan fingerprint density at radius 1 is 0.952 bits per heavy atom. The number of rotatable bonds is 8. The normalized spacial score (nSPS) is 32.2. The number of carbonyl (C=O) groups is 6. The summed E-state index contributed by atoms with van der Waals surface area (Å²) in [5, 5.41) is 46.8. The first-order chi connectivity index (χ1) is 28.6. The summed E-state index contributed by atoms with van der Waals surface area (Å²) in [5.41, 5.74) is -9.78. The molecule has 1 saturated heterocycles. The zero-order chi connectivity index (χ0) is 47.1. The van der Waals surface area contributed by atoms with Crippen LogP contribution in [0.4, 0.5) is 9.59 Å². The van der Waals surface area contributed by atoms with E-state index in [0.717, 1.165) is 21.1 Å². The molecule has 1 heterocycles. The Bertz CT molecular complexity index is 1920. The van der Waals surface area contributed by atoms with Crippen LogP contribution in [0.25, 0.3) is 0 Å².